The Labute approximate surface area is 107 Å². The van der Waals surface area contributed by atoms with Crippen LogP contribution in [0.5, 0.6) is 0 Å². The molecule has 0 bridgehead atoms. The van der Waals surface area contributed by atoms with Crippen LogP contribution in [0.25, 0.3) is 0 Å². The molecule has 1 heterocycles. The van der Waals surface area contributed by atoms with Gasteiger partial charge in [-0.15, -0.1) is 0 Å². The molecule has 1 aliphatic rings. The van der Waals surface area contributed by atoms with Gasteiger partial charge in [0.15, 0.2) is 0 Å². The molecule has 0 radical (unpaired) electrons. The van der Waals surface area contributed by atoms with Crippen LogP contribution in [0, 0.1) is 0 Å². The van der Waals surface area contributed by atoms with Crippen molar-refractivity contribution in [1.82, 2.24) is 5.32 Å². The SMILES string of the molecule is CC(OCC1CCCO1)C(=O)NCCCC(=O)O. The maximum atomic E-state index is 11.6. The Hall–Kier alpha value is -1.14. The first kappa shape index (κ1) is 14.9. The van der Waals surface area contributed by atoms with E-state index in [-0.39, 0.29) is 18.4 Å². The molecule has 2 atom stereocenters. The van der Waals surface area contributed by atoms with Crippen LogP contribution in [-0.2, 0) is 19.1 Å². The van der Waals surface area contributed by atoms with Crippen molar-refractivity contribution in [2.75, 3.05) is 19.8 Å². The number of carboxylic acids is 1. The molecule has 2 unspecified atom stereocenters. The first-order valence-corrected chi connectivity index (χ1v) is 6.32. The number of rotatable bonds is 8. The predicted octanol–water partition coefficient (Wildman–Crippen LogP) is 0.552. The average Bonchev–Trinajstić information content (AvgIpc) is 2.84. The Morgan fingerprint density at radius 1 is 1.56 bits per heavy atom. The monoisotopic (exact) mass is 259 g/mol. The Morgan fingerprint density at radius 2 is 2.33 bits per heavy atom. The van der Waals surface area contributed by atoms with Crippen molar-refractivity contribution in [3.8, 4) is 0 Å². The highest BCUT2D eigenvalue weighted by Gasteiger charge is 2.19. The van der Waals surface area contributed by atoms with Crippen molar-refractivity contribution in [1.29, 1.82) is 0 Å². The predicted molar refractivity (Wildman–Crippen MR) is 64.3 cm³/mol. The van der Waals surface area contributed by atoms with Crippen LogP contribution >= 0.6 is 0 Å². The van der Waals surface area contributed by atoms with Gasteiger partial charge in [-0.1, -0.05) is 0 Å². The largest absolute Gasteiger partial charge is 0.481 e. The van der Waals surface area contributed by atoms with Gasteiger partial charge < -0.3 is 19.9 Å². The van der Waals surface area contributed by atoms with Gasteiger partial charge in [-0.3, -0.25) is 9.59 Å². The molecule has 6 heteroatoms. The summed E-state index contributed by atoms with van der Waals surface area (Å²) >= 11 is 0. The maximum Gasteiger partial charge on any atom is 0.303 e. The van der Waals surface area contributed by atoms with E-state index in [1.165, 1.54) is 0 Å². The minimum Gasteiger partial charge on any atom is -0.481 e. The van der Waals surface area contributed by atoms with Crippen LogP contribution in [-0.4, -0.2) is 48.9 Å². The van der Waals surface area contributed by atoms with Crippen molar-refractivity contribution >= 4 is 11.9 Å². The molecule has 104 valence electrons. The number of carbonyl (C=O) groups is 2. The number of amides is 1. The fourth-order valence-corrected chi connectivity index (χ4v) is 1.70. The van der Waals surface area contributed by atoms with Crippen molar-refractivity contribution in [2.45, 2.75) is 44.8 Å². The second kappa shape index (κ2) is 8.05. The summed E-state index contributed by atoms with van der Waals surface area (Å²) in [5.74, 6) is -1.06. The van der Waals surface area contributed by atoms with E-state index in [1.54, 1.807) is 6.92 Å². The van der Waals surface area contributed by atoms with E-state index in [9.17, 15) is 9.59 Å². The normalized spacial score (nSPS) is 20.6. The average molecular weight is 259 g/mol. The lowest BCUT2D eigenvalue weighted by Gasteiger charge is -2.15. The number of carbonyl (C=O) groups excluding carboxylic acids is 1. The molecule has 1 fully saturated rings. The minimum absolute atomic E-state index is 0.0609. The summed E-state index contributed by atoms with van der Waals surface area (Å²) in [4.78, 5) is 21.8. The molecule has 0 aliphatic carbocycles. The van der Waals surface area contributed by atoms with Crippen LogP contribution in [0.15, 0.2) is 0 Å². The van der Waals surface area contributed by atoms with Crippen molar-refractivity contribution in [3.63, 3.8) is 0 Å². The van der Waals surface area contributed by atoms with E-state index in [0.717, 1.165) is 19.4 Å². The summed E-state index contributed by atoms with van der Waals surface area (Å²) in [6.45, 7) is 3.24. The molecule has 0 aromatic heterocycles. The summed E-state index contributed by atoms with van der Waals surface area (Å²) in [6.07, 6.45) is 2.09. The Bertz CT molecular complexity index is 276. The molecular formula is C12H21NO5. The van der Waals surface area contributed by atoms with Gasteiger partial charge in [-0.25, -0.2) is 0 Å². The van der Waals surface area contributed by atoms with E-state index >= 15 is 0 Å². The second-order valence-electron chi connectivity index (χ2n) is 4.40. The molecule has 1 amide bonds. The number of hydrogen-bond acceptors (Lipinski definition) is 4. The van der Waals surface area contributed by atoms with Gasteiger partial charge in [0, 0.05) is 19.6 Å². The summed E-state index contributed by atoms with van der Waals surface area (Å²) in [5, 5.41) is 11.1. The van der Waals surface area contributed by atoms with E-state index in [2.05, 4.69) is 5.32 Å². The quantitative estimate of drug-likeness (QED) is 0.622. The molecule has 0 aromatic rings. The van der Waals surface area contributed by atoms with E-state index in [0.29, 0.717) is 19.6 Å². The minimum atomic E-state index is -0.855. The van der Waals surface area contributed by atoms with Gasteiger partial charge in [0.2, 0.25) is 5.91 Å². The number of nitrogens with one attached hydrogen (secondary N) is 1. The van der Waals surface area contributed by atoms with E-state index in [1.807, 2.05) is 0 Å². The van der Waals surface area contributed by atoms with Gasteiger partial charge in [0.25, 0.3) is 0 Å². The third kappa shape index (κ3) is 5.97. The lowest BCUT2D eigenvalue weighted by atomic mass is 10.2. The summed E-state index contributed by atoms with van der Waals surface area (Å²) in [7, 11) is 0. The Morgan fingerprint density at radius 3 is 2.94 bits per heavy atom. The zero-order chi connectivity index (χ0) is 13.4. The lowest BCUT2D eigenvalue weighted by molar-refractivity contribution is -0.138. The highest BCUT2D eigenvalue weighted by atomic mass is 16.5. The Balaban J connectivity index is 2.06. The second-order valence-corrected chi connectivity index (χ2v) is 4.40. The van der Waals surface area contributed by atoms with Crippen LogP contribution in [0.3, 0.4) is 0 Å². The van der Waals surface area contributed by atoms with Gasteiger partial charge >= 0.3 is 5.97 Å². The number of aliphatic carboxylic acids is 1. The molecule has 18 heavy (non-hydrogen) atoms. The summed E-state index contributed by atoms with van der Waals surface area (Å²) < 4.78 is 10.8. The first-order valence-electron chi connectivity index (χ1n) is 6.32. The Kier molecular flexibility index (Phi) is 6.67. The maximum absolute atomic E-state index is 11.6. The molecule has 0 saturated carbocycles. The molecule has 1 aliphatic heterocycles. The highest BCUT2D eigenvalue weighted by Crippen LogP contribution is 2.12. The molecular weight excluding hydrogens is 238 g/mol. The number of hydrogen-bond donors (Lipinski definition) is 2. The number of ether oxygens (including phenoxy) is 2. The summed E-state index contributed by atoms with van der Waals surface area (Å²) in [6, 6.07) is 0. The van der Waals surface area contributed by atoms with Gasteiger partial charge in [-0.2, -0.15) is 0 Å². The fraction of sp³-hybridized carbons (Fsp3) is 0.833. The molecule has 0 aromatic carbocycles. The van der Waals surface area contributed by atoms with Crippen molar-refractivity contribution in [2.24, 2.45) is 0 Å². The van der Waals surface area contributed by atoms with E-state index in [4.69, 9.17) is 14.6 Å². The van der Waals surface area contributed by atoms with Gasteiger partial charge in [-0.05, 0) is 26.2 Å². The standard InChI is InChI=1S/C12H21NO5/c1-9(18-8-10-4-3-7-17-10)12(16)13-6-2-5-11(14)15/h9-10H,2-8H2,1H3,(H,13,16)(H,14,15). The van der Waals surface area contributed by atoms with E-state index < -0.39 is 12.1 Å². The first-order chi connectivity index (χ1) is 8.59. The van der Waals surface area contributed by atoms with Gasteiger partial charge in [0.05, 0.1) is 12.7 Å². The van der Waals surface area contributed by atoms with Crippen LogP contribution in [0.2, 0.25) is 0 Å². The zero-order valence-electron chi connectivity index (χ0n) is 10.7. The summed E-state index contributed by atoms with van der Waals surface area (Å²) in [5.41, 5.74) is 0. The fourth-order valence-electron chi connectivity index (χ4n) is 1.70. The van der Waals surface area contributed by atoms with Crippen molar-refractivity contribution in [3.05, 3.63) is 0 Å². The molecule has 6 nitrogen and oxygen atoms in total. The lowest BCUT2D eigenvalue weighted by Crippen LogP contribution is -2.36. The topological polar surface area (TPSA) is 84.9 Å². The molecule has 1 rings (SSSR count). The number of carboxylic acid groups (broad SMARTS) is 1. The van der Waals surface area contributed by atoms with Crippen LogP contribution < -0.4 is 5.32 Å². The third-order valence-corrected chi connectivity index (χ3v) is 2.79. The molecule has 2 N–H and O–H groups in total. The van der Waals surface area contributed by atoms with Crippen LogP contribution in [0.1, 0.15) is 32.6 Å². The molecule has 0 spiro atoms. The van der Waals surface area contributed by atoms with Gasteiger partial charge in [0.1, 0.15) is 6.10 Å². The van der Waals surface area contributed by atoms with Crippen molar-refractivity contribution < 1.29 is 24.2 Å². The highest BCUT2D eigenvalue weighted by molar-refractivity contribution is 5.80. The zero-order valence-corrected chi connectivity index (χ0v) is 10.7. The molecule has 1 saturated heterocycles. The van der Waals surface area contributed by atoms with Crippen LogP contribution in [0.4, 0.5) is 0 Å². The smallest absolute Gasteiger partial charge is 0.303 e. The third-order valence-electron chi connectivity index (χ3n) is 2.79.